The highest BCUT2D eigenvalue weighted by Crippen LogP contribution is 2.29. The fourth-order valence-electron chi connectivity index (χ4n) is 2.26. The summed E-state index contributed by atoms with van der Waals surface area (Å²) in [6.07, 6.45) is -0.00825. The van der Waals surface area contributed by atoms with Gasteiger partial charge in [-0.25, -0.2) is 4.79 Å². The number of benzene rings is 2. The number of alkyl halides is 3. The van der Waals surface area contributed by atoms with Crippen molar-refractivity contribution in [2.75, 3.05) is 0 Å². The van der Waals surface area contributed by atoms with Gasteiger partial charge in [-0.1, -0.05) is 31.9 Å². The summed E-state index contributed by atoms with van der Waals surface area (Å²) in [7, 11) is 0. The molecule has 2 aromatic rings. The van der Waals surface area contributed by atoms with E-state index in [2.05, 4.69) is 6.92 Å². The summed E-state index contributed by atoms with van der Waals surface area (Å²) in [5, 5.41) is 0. The van der Waals surface area contributed by atoms with Gasteiger partial charge in [0.05, 0.1) is 11.1 Å². The molecule has 0 bridgehead atoms. The van der Waals surface area contributed by atoms with Crippen molar-refractivity contribution in [1.29, 1.82) is 0 Å². The number of aryl methyl sites for hydroxylation is 1. The van der Waals surface area contributed by atoms with Gasteiger partial charge in [0.25, 0.3) is 0 Å². The van der Waals surface area contributed by atoms with Crippen LogP contribution in [-0.2, 0) is 12.6 Å². The van der Waals surface area contributed by atoms with Crippen molar-refractivity contribution in [3.8, 4) is 5.75 Å². The number of carbonyl (C=O) groups is 1. The number of unbranched alkanes of at least 4 members (excludes halogenated alkanes) is 2. The second-order valence-corrected chi connectivity index (χ2v) is 5.57. The second-order valence-electron chi connectivity index (χ2n) is 5.57. The van der Waals surface area contributed by atoms with Gasteiger partial charge in [0.2, 0.25) is 0 Å². The van der Waals surface area contributed by atoms with Crippen LogP contribution in [0.5, 0.6) is 5.75 Å². The highest BCUT2D eigenvalue weighted by molar-refractivity contribution is 5.91. The van der Waals surface area contributed by atoms with Crippen molar-refractivity contribution < 1.29 is 22.7 Å². The molecule has 0 N–H and O–H groups in total. The fourth-order valence-corrected chi connectivity index (χ4v) is 2.26. The van der Waals surface area contributed by atoms with E-state index in [9.17, 15) is 18.0 Å². The molecule has 0 atom stereocenters. The van der Waals surface area contributed by atoms with Crippen LogP contribution in [0.25, 0.3) is 0 Å². The van der Waals surface area contributed by atoms with Gasteiger partial charge in [0.1, 0.15) is 5.75 Å². The average molecular weight is 336 g/mol. The molecule has 0 unspecified atom stereocenters. The maximum atomic E-state index is 12.5. The minimum atomic E-state index is -4.42. The molecule has 0 aliphatic heterocycles. The number of carbonyl (C=O) groups excluding carboxylic acids is 1. The molecule has 0 spiro atoms. The minimum Gasteiger partial charge on any atom is -0.423 e. The van der Waals surface area contributed by atoms with E-state index in [0.717, 1.165) is 49.1 Å². The number of rotatable bonds is 6. The van der Waals surface area contributed by atoms with E-state index in [4.69, 9.17) is 4.74 Å². The van der Waals surface area contributed by atoms with Crippen molar-refractivity contribution in [2.24, 2.45) is 0 Å². The highest BCUT2D eigenvalue weighted by atomic mass is 19.4. The van der Waals surface area contributed by atoms with Crippen LogP contribution >= 0.6 is 0 Å². The summed E-state index contributed by atoms with van der Waals surface area (Å²) in [5.74, 6) is -0.304. The Morgan fingerprint density at radius 1 is 0.958 bits per heavy atom. The zero-order valence-corrected chi connectivity index (χ0v) is 13.4. The van der Waals surface area contributed by atoms with Crippen LogP contribution in [0.4, 0.5) is 13.2 Å². The molecule has 0 aliphatic carbocycles. The minimum absolute atomic E-state index is 0.0787. The maximum absolute atomic E-state index is 12.5. The molecule has 0 saturated heterocycles. The number of ether oxygens (including phenoxy) is 1. The molecular formula is C19H19F3O2. The Morgan fingerprint density at radius 2 is 1.58 bits per heavy atom. The van der Waals surface area contributed by atoms with E-state index in [1.54, 1.807) is 12.1 Å². The largest absolute Gasteiger partial charge is 0.423 e. The SMILES string of the molecule is CCCCCc1ccc(OC(=O)c2ccc(C(F)(F)F)cc2)cc1. The van der Waals surface area contributed by atoms with Gasteiger partial charge in [0.15, 0.2) is 0 Å². The fraction of sp³-hybridized carbons (Fsp3) is 0.316. The lowest BCUT2D eigenvalue weighted by atomic mass is 10.1. The van der Waals surface area contributed by atoms with Crippen LogP contribution in [0.3, 0.4) is 0 Å². The summed E-state index contributed by atoms with van der Waals surface area (Å²) < 4.78 is 42.7. The van der Waals surface area contributed by atoms with Gasteiger partial charge in [-0.05, 0) is 54.8 Å². The van der Waals surface area contributed by atoms with Gasteiger partial charge in [-0.3, -0.25) is 0 Å². The van der Waals surface area contributed by atoms with E-state index < -0.39 is 17.7 Å². The van der Waals surface area contributed by atoms with Gasteiger partial charge in [-0.15, -0.1) is 0 Å². The third-order valence-electron chi connectivity index (χ3n) is 3.65. The van der Waals surface area contributed by atoms with Gasteiger partial charge in [0, 0.05) is 0 Å². The van der Waals surface area contributed by atoms with Crippen molar-refractivity contribution >= 4 is 5.97 Å². The zero-order valence-electron chi connectivity index (χ0n) is 13.4. The van der Waals surface area contributed by atoms with Crippen LogP contribution < -0.4 is 4.74 Å². The lowest BCUT2D eigenvalue weighted by Crippen LogP contribution is -2.10. The van der Waals surface area contributed by atoms with Crippen LogP contribution in [0, 0.1) is 0 Å². The lowest BCUT2D eigenvalue weighted by Gasteiger charge is -2.08. The molecule has 0 amide bonds. The summed E-state index contributed by atoms with van der Waals surface area (Å²) in [5.41, 5.74) is 0.447. The topological polar surface area (TPSA) is 26.3 Å². The summed E-state index contributed by atoms with van der Waals surface area (Å²) in [6, 6.07) is 11.2. The molecular weight excluding hydrogens is 317 g/mol. The Bertz CT molecular complexity index is 659. The van der Waals surface area contributed by atoms with Crippen molar-refractivity contribution in [3.63, 3.8) is 0 Å². The number of hydrogen-bond acceptors (Lipinski definition) is 2. The molecule has 0 heterocycles. The molecule has 0 aliphatic rings. The first-order valence-electron chi connectivity index (χ1n) is 7.88. The molecule has 128 valence electrons. The van der Waals surface area contributed by atoms with Crippen molar-refractivity contribution in [1.82, 2.24) is 0 Å². The first-order valence-corrected chi connectivity index (χ1v) is 7.88. The molecule has 24 heavy (non-hydrogen) atoms. The smallest absolute Gasteiger partial charge is 0.416 e. The Labute approximate surface area is 139 Å². The van der Waals surface area contributed by atoms with E-state index in [0.29, 0.717) is 5.75 Å². The predicted octanol–water partition coefficient (Wildman–Crippen LogP) is 5.66. The van der Waals surface area contributed by atoms with Crippen LogP contribution in [0.1, 0.15) is 47.7 Å². The molecule has 2 rings (SSSR count). The molecule has 0 fully saturated rings. The molecule has 0 aromatic heterocycles. The molecule has 5 heteroatoms. The third kappa shape index (κ3) is 5.11. The summed E-state index contributed by atoms with van der Waals surface area (Å²) in [6.45, 7) is 2.14. The summed E-state index contributed by atoms with van der Waals surface area (Å²) >= 11 is 0. The van der Waals surface area contributed by atoms with Crippen LogP contribution in [0.15, 0.2) is 48.5 Å². The Hall–Kier alpha value is -2.30. The van der Waals surface area contributed by atoms with Crippen molar-refractivity contribution in [2.45, 2.75) is 38.8 Å². The Morgan fingerprint density at radius 3 is 2.12 bits per heavy atom. The standard InChI is InChI=1S/C19H19F3O2/c1-2-3-4-5-14-6-12-17(13-7-14)24-18(23)15-8-10-16(11-9-15)19(20,21)22/h6-13H,2-5H2,1H3. The average Bonchev–Trinajstić information content (AvgIpc) is 2.56. The molecule has 0 saturated carbocycles. The summed E-state index contributed by atoms with van der Waals surface area (Å²) in [4.78, 5) is 12.0. The van der Waals surface area contributed by atoms with E-state index in [1.807, 2.05) is 12.1 Å². The Kier molecular flexibility index (Phi) is 6.01. The van der Waals surface area contributed by atoms with E-state index >= 15 is 0 Å². The number of halogens is 3. The van der Waals surface area contributed by atoms with E-state index in [-0.39, 0.29) is 5.56 Å². The van der Waals surface area contributed by atoms with Gasteiger partial charge in [-0.2, -0.15) is 13.2 Å². The van der Waals surface area contributed by atoms with Crippen LogP contribution in [0.2, 0.25) is 0 Å². The highest BCUT2D eigenvalue weighted by Gasteiger charge is 2.30. The van der Waals surface area contributed by atoms with E-state index in [1.165, 1.54) is 6.42 Å². The monoisotopic (exact) mass is 336 g/mol. The molecule has 0 radical (unpaired) electrons. The van der Waals surface area contributed by atoms with Gasteiger partial charge >= 0.3 is 12.1 Å². The van der Waals surface area contributed by atoms with Crippen molar-refractivity contribution in [3.05, 3.63) is 65.2 Å². The third-order valence-corrected chi connectivity index (χ3v) is 3.65. The Balaban J connectivity index is 1.96. The van der Waals surface area contributed by atoms with Crippen LogP contribution in [-0.4, -0.2) is 5.97 Å². The first-order chi connectivity index (χ1) is 11.4. The predicted molar refractivity (Wildman–Crippen MR) is 86.1 cm³/mol. The number of hydrogen-bond donors (Lipinski definition) is 0. The quantitative estimate of drug-likeness (QED) is 0.387. The zero-order chi connectivity index (χ0) is 17.6. The first kappa shape index (κ1) is 18.0. The normalized spacial score (nSPS) is 11.3. The maximum Gasteiger partial charge on any atom is 0.416 e. The van der Waals surface area contributed by atoms with Gasteiger partial charge < -0.3 is 4.74 Å². The molecule has 2 aromatic carbocycles. The number of esters is 1. The lowest BCUT2D eigenvalue weighted by molar-refractivity contribution is -0.137. The second kappa shape index (κ2) is 7.99. The molecule has 2 nitrogen and oxygen atoms in total.